The van der Waals surface area contributed by atoms with Crippen LogP contribution in [0.1, 0.15) is 16.8 Å². The molecule has 3 N–H and O–H groups in total. The molecular weight excluding hydrogens is 322 g/mol. The Morgan fingerprint density at radius 1 is 1.39 bits per heavy atom. The average molecular weight is 342 g/mol. The molecule has 0 bridgehead atoms. The number of nitrogens with zero attached hydrogens (tertiary/aromatic N) is 2. The molecule has 0 saturated heterocycles. The van der Waals surface area contributed by atoms with Crippen LogP contribution in [0.4, 0.5) is 0 Å². The number of hydrogen-bond acceptors (Lipinski definition) is 5. The third kappa shape index (κ3) is 3.94. The minimum atomic E-state index is -1.24. The molecule has 0 aliphatic heterocycles. The monoisotopic (exact) mass is 341 g/mol. The number of ether oxygens (including phenoxy) is 1. The van der Waals surface area contributed by atoms with E-state index >= 15 is 0 Å². The van der Waals surface area contributed by atoms with Crippen LogP contribution in [0.25, 0.3) is 10.9 Å². The molecule has 0 fully saturated rings. The maximum absolute atomic E-state index is 12.2. The molecule has 1 aromatic heterocycles. The van der Waals surface area contributed by atoms with Gasteiger partial charge in [-0.15, -0.1) is 12.4 Å². The average Bonchev–Trinajstić information content (AvgIpc) is 2.47. The van der Waals surface area contributed by atoms with Crippen molar-refractivity contribution in [3.63, 3.8) is 0 Å². The Morgan fingerprint density at radius 2 is 2.09 bits per heavy atom. The van der Waals surface area contributed by atoms with Gasteiger partial charge in [-0.3, -0.25) is 9.47 Å². The summed E-state index contributed by atoms with van der Waals surface area (Å²) in [7, 11) is 3.52. The second-order valence-corrected chi connectivity index (χ2v) is 5.04. The summed E-state index contributed by atoms with van der Waals surface area (Å²) in [5, 5.41) is 11.2. The summed E-state index contributed by atoms with van der Waals surface area (Å²) < 4.78 is 7.18. The first-order chi connectivity index (χ1) is 10.5. The van der Waals surface area contributed by atoms with Gasteiger partial charge in [-0.25, -0.2) is 4.79 Å². The Hall–Kier alpha value is -2.25. The second-order valence-electron chi connectivity index (χ2n) is 5.04. The molecule has 0 unspecified atom stereocenters. The van der Waals surface area contributed by atoms with Crippen molar-refractivity contribution < 1.29 is 14.6 Å². The van der Waals surface area contributed by atoms with E-state index in [2.05, 4.69) is 0 Å². The van der Waals surface area contributed by atoms with Gasteiger partial charge < -0.3 is 20.6 Å². The van der Waals surface area contributed by atoms with Crippen molar-refractivity contribution >= 4 is 29.3 Å². The van der Waals surface area contributed by atoms with Gasteiger partial charge in [-0.1, -0.05) is 0 Å². The zero-order valence-electron chi connectivity index (χ0n) is 13.0. The van der Waals surface area contributed by atoms with E-state index in [4.69, 9.17) is 15.6 Å². The van der Waals surface area contributed by atoms with Gasteiger partial charge in [0.2, 0.25) is 5.43 Å². The van der Waals surface area contributed by atoms with Gasteiger partial charge in [-0.2, -0.15) is 0 Å². The van der Waals surface area contributed by atoms with Crippen molar-refractivity contribution in [2.24, 2.45) is 5.73 Å². The fraction of sp³-hybridized carbons (Fsp3) is 0.333. The van der Waals surface area contributed by atoms with E-state index in [9.17, 15) is 9.59 Å². The number of halogens is 1. The molecule has 1 heterocycles. The number of fused-ring (bicyclic) bond motifs is 1. The molecule has 23 heavy (non-hydrogen) atoms. The van der Waals surface area contributed by atoms with Crippen LogP contribution >= 0.6 is 12.4 Å². The number of hydrogen-bond donors (Lipinski definition) is 2. The van der Waals surface area contributed by atoms with Crippen LogP contribution in [0.15, 0.2) is 29.2 Å². The summed E-state index contributed by atoms with van der Waals surface area (Å²) in [6, 6.07) is 4.96. The number of nitrogens with two attached hydrogens (primary N) is 1. The van der Waals surface area contributed by atoms with Gasteiger partial charge in [-0.05, 0) is 25.1 Å². The number of carbonyl (C=O) groups is 1. The third-order valence-electron chi connectivity index (χ3n) is 3.24. The smallest absolute Gasteiger partial charge is 0.341 e. The van der Waals surface area contributed by atoms with Crippen molar-refractivity contribution in [3.05, 3.63) is 40.2 Å². The highest BCUT2D eigenvalue weighted by Gasteiger charge is 2.15. The summed E-state index contributed by atoms with van der Waals surface area (Å²) in [4.78, 5) is 23.5. The van der Waals surface area contributed by atoms with Crippen LogP contribution in [0.5, 0.6) is 5.75 Å². The van der Waals surface area contributed by atoms with Crippen molar-refractivity contribution in [2.45, 2.75) is 6.42 Å². The van der Waals surface area contributed by atoms with Crippen LogP contribution in [-0.4, -0.2) is 43.0 Å². The molecule has 0 atom stereocenters. The normalized spacial score (nSPS) is 10.2. The molecule has 126 valence electrons. The maximum Gasteiger partial charge on any atom is 0.341 e. The van der Waals surface area contributed by atoms with Crippen molar-refractivity contribution in [3.8, 4) is 5.75 Å². The second kappa shape index (κ2) is 7.85. The lowest BCUT2D eigenvalue weighted by atomic mass is 10.1. The fourth-order valence-electron chi connectivity index (χ4n) is 2.13. The lowest BCUT2D eigenvalue weighted by Gasteiger charge is -2.20. The summed E-state index contributed by atoms with van der Waals surface area (Å²) in [6.45, 7) is 1.03. The zero-order chi connectivity index (χ0) is 16.3. The Kier molecular flexibility index (Phi) is 6.41. The summed E-state index contributed by atoms with van der Waals surface area (Å²) in [5.74, 6) is -0.634. The van der Waals surface area contributed by atoms with Gasteiger partial charge >= 0.3 is 5.97 Å². The molecule has 0 radical (unpaired) electrons. The number of carboxylic acids is 1. The number of rotatable bonds is 6. The van der Waals surface area contributed by atoms with Crippen LogP contribution in [0.2, 0.25) is 0 Å². The van der Waals surface area contributed by atoms with Crippen LogP contribution < -0.4 is 20.9 Å². The number of pyridine rings is 1. The number of carboxylic acid groups (broad SMARTS) is 1. The van der Waals surface area contributed by atoms with Crippen LogP contribution in [0, 0.1) is 0 Å². The Labute approximate surface area is 139 Å². The largest absolute Gasteiger partial charge is 0.493 e. The summed E-state index contributed by atoms with van der Waals surface area (Å²) >= 11 is 0. The van der Waals surface area contributed by atoms with E-state index in [-0.39, 0.29) is 18.0 Å². The standard InChI is InChI=1S/C15H19N3O4.ClH/c1-17(2)18-9-12(15(20)21)14(19)11-5-4-10(8-13(11)18)22-7-3-6-16;/h4-5,8-9H,3,6-7,16H2,1-2H3,(H,20,21);1H. The quantitative estimate of drug-likeness (QED) is 0.762. The maximum atomic E-state index is 12.2. The van der Waals surface area contributed by atoms with E-state index in [1.807, 2.05) is 0 Å². The molecule has 2 aromatic rings. The van der Waals surface area contributed by atoms with Gasteiger partial charge in [0.1, 0.15) is 11.3 Å². The number of aromatic carboxylic acids is 1. The predicted molar refractivity (Wildman–Crippen MR) is 91.6 cm³/mol. The molecule has 0 aliphatic rings. The van der Waals surface area contributed by atoms with E-state index < -0.39 is 11.4 Å². The lowest BCUT2D eigenvalue weighted by Crippen LogP contribution is -2.29. The number of aromatic nitrogens is 1. The van der Waals surface area contributed by atoms with Crippen molar-refractivity contribution in [1.29, 1.82) is 0 Å². The highest BCUT2D eigenvalue weighted by atomic mass is 35.5. The predicted octanol–water partition coefficient (Wildman–Crippen LogP) is 1.05. The molecule has 0 amide bonds. The molecule has 7 nitrogen and oxygen atoms in total. The fourth-order valence-corrected chi connectivity index (χ4v) is 2.13. The summed E-state index contributed by atoms with van der Waals surface area (Å²) in [5.41, 5.74) is 5.24. The molecule has 8 heteroatoms. The third-order valence-corrected chi connectivity index (χ3v) is 3.24. The Morgan fingerprint density at radius 3 is 2.65 bits per heavy atom. The van der Waals surface area contributed by atoms with E-state index in [0.29, 0.717) is 29.8 Å². The van der Waals surface area contributed by atoms with E-state index in [0.717, 1.165) is 6.42 Å². The first-order valence-corrected chi connectivity index (χ1v) is 6.89. The van der Waals surface area contributed by atoms with Crippen molar-refractivity contribution in [2.75, 3.05) is 32.3 Å². The molecular formula is C15H20ClN3O4. The van der Waals surface area contributed by atoms with Gasteiger partial charge in [0.15, 0.2) is 0 Å². The molecule has 0 saturated carbocycles. The Balaban J connectivity index is 0.00000264. The van der Waals surface area contributed by atoms with Gasteiger partial charge in [0.05, 0.1) is 12.1 Å². The highest BCUT2D eigenvalue weighted by Crippen LogP contribution is 2.20. The summed E-state index contributed by atoms with van der Waals surface area (Å²) in [6.07, 6.45) is 2.05. The topological polar surface area (TPSA) is 97.8 Å². The molecule has 2 rings (SSSR count). The molecule has 0 aliphatic carbocycles. The first kappa shape index (κ1) is 18.8. The Bertz CT molecular complexity index is 758. The minimum Gasteiger partial charge on any atom is -0.493 e. The van der Waals surface area contributed by atoms with Crippen molar-refractivity contribution in [1.82, 2.24) is 4.68 Å². The minimum absolute atomic E-state index is 0. The van der Waals surface area contributed by atoms with Crippen LogP contribution in [0.3, 0.4) is 0 Å². The van der Waals surface area contributed by atoms with E-state index in [1.54, 1.807) is 42.0 Å². The highest BCUT2D eigenvalue weighted by molar-refractivity contribution is 5.93. The van der Waals surface area contributed by atoms with Gasteiger partial charge in [0, 0.05) is 31.7 Å². The lowest BCUT2D eigenvalue weighted by molar-refractivity contribution is 0.0695. The van der Waals surface area contributed by atoms with Crippen LogP contribution in [-0.2, 0) is 0 Å². The first-order valence-electron chi connectivity index (χ1n) is 6.89. The number of benzene rings is 1. The zero-order valence-corrected chi connectivity index (χ0v) is 13.8. The SMILES string of the molecule is CN(C)n1cc(C(=O)O)c(=O)c2ccc(OCCCN)cc21.Cl. The molecule has 0 spiro atoms. The van der Waals surface area contributed by atoms with E-state index in [1.165, 1.54) is 6.20 Å². The van der Waals surface area contributed by atoms with Gasteiger partial charge in [0.25, 0.3) is 0 Å². The molecule has 1 aromatic carbocycles.